The van der Waals surface area contributed by atoms with Crippen LogP contribution in [0, 0.1) is 28.6 Å². The fourth-order valence-corrected chi connectivity index (χ4v) is 5.65. The molecule has 0 unspecified atom stereocenters. The Hall–Kier alpha value is -0.870. The Kier molecular flexibility index (Phi) is 6.14. The fourth-order valence-electron chi connectivity index (χ4n) is 5.65. The molecule has 4 nitrogen and oxygen atoms in total. The number of allylic oxidation sites excluding steroid dienone is 1. The maximum absolute atomic E-state index is 12.0. The third kappa shape index (κ3) is 3.41. The first-order chi connectivity index (χ1) is 11.3. The highest BCUT2D eigenvalue weighted by molar-refractivity contribution is 5.75. The average Bonchev–Trinajstić information content (AvgIpc) is 2.52. The number of carboxylic acid groups (broad SMARTS) is 1. The van der Waals surface area contributed by atoms with E-state index in [4.69, 9.17) is 5.11 Å². The van der Waals surface area contributed by atoms with Crippen molar-refractivity contribution in [3.8, 4) is 0 Å². The number of carbonyl (C=O) groups is 1. The van der Waals surface area contributed by atoms with Gasteiger partial charge in [-0.3, -0.25) is 4.79 Å². The summed E-state index contributed by atoms with van der Waals surface area (Å²) in [4.78, 5) is 12.0. The molecule has 4 heteroatoms. The van der Waals surface area contributed by atoms with Crippen LogP contribution in [0.4, 0.5) is 0 Å². The molecule has 2 fully saturated rings. The number of hydrogen-bond donors (Lipinski definition) is 3. The molecule has 0 aromatic carbocycles. The van der Waals surface area contributed by atoms with Crippen LogP contribution >= 0.6 is 0 Å². The van der Waals surface area contributed by atoms with Gasteiger partial charge in [-0.1, -0.05) is 25.5 Å². The molecule has 3 N–H and O–H groups in total. The second-order valence-corrected chi connectivity index (χ2v) is 8.52. The van der Waals surface area contributed by atoms with Crippen LogP contribution in [0.3, 0.4) is 0 Å². The molecule has 138 valence electrons. The second-order valence-electron chi connectivity index (χ2n) is 8.52. The Morgan fingerprint density at radius 1 is 1.29 bits per heavy atom. The van der Waals surface area contributed by atoms with Crippen molar-refractivity contribution in [2.45, 2.75) is 65.2 Å². The molecule has 5 atom stereocenters. The Balaban J connectivity index is 2.20. The van der Waals surface area contributed by atoms with Crippen molar-refractivity contribution in [3.63, 3.8) is 0 Å². The normalized spacial score (nSPS) is 37.8. The molecule has 0 radical (unpaired) electrons. The van der Waals surface area contributed by atoms with E-state index in [1.54, 1.807) is 0 Å². The van der Waals surface area contributed by atoms with Gasteiger partial charge in [0.2, 0.25) is 0 Å². The summed E-state index contributed by atoms with van der Waals surface area (Å²) >= 11 is 0. The van der Waals surface area contributed by atoms with Crippen molar-refractivity contribution in [2.75, 3.05) is 13.2 Å². The molecule has 0 aromatic heterocycles. The summed E-state index contributed by atoms with van der Waals surface area (Å²) in [5.41, 5.74) is 0.608. The summed E-state index contributed by atoms with van der Waals surface area (Å²) in [5, 5.41) is 28.5. The summed E-state index contributed by atoms with van der Waals surface area (Å²) in [6.07, 6.45) is 7.06. The van der Waals surface area contributed by atoms with Crippen molar-refractivity contribution in [1.82, 2.24) is 0 Å². The molecule has 2 aliphatic rings. The minimum absolute atomic E-state index is 0.0139. The summed E-state index contributed by atoms with van der Waals surface area (Å²) < 4.78 is 0. The van der Waals surface area contributed by atoms with Gasteiger partial charge < -0.3 is 15.3 Å². The molecule has 0 amide bonds. The molecule has 0 saturated heterocycles. The van der Waals surface area contributed by atoms with Gasteiger partial charge in [0, 0.05) is 13.2 Å². The van der Waals surface area contributed by atoms with E-state index >= 15 is 0 Å². The Labute approximate surface area is 146 Å². The summed E-state index contributed by atoms with van der Waals surface area (Å²) in [7, 11) is 0. The van der Waals surface area contributed by atoms with Crippen LogP contribution in [0.25, 0.3) is 0 Å². The van der Waals surface area contributed by atoms with Crippen LogP contribution in [0.1, 0.15) is 65.2 Å². The van der Waals surface area contributed by atoms with Crippen LogP contribution in [0.5, 0.6) is 0 Å². The molecule has 2 aliphatic carbocycles. The van der Waals surface area contributed by atoms with Crippen molar-refractivity contribution in [2.24, 2.45) is 28.6 Å². The Morgan fingerprint density at radius 3 is 2.58 bits per heavy atom. The maximum atomic E-state index is 12.0. The lowest BCUT2D eigenvalue weighted by atomic mass is 9.46. The molecular formula is C20H34O4. The summed E-state index contributed by atoms with van der Waals surface area (Å²) in [5.74, 6) is -0.0143. The summed E-state index contributed by atoms with van der Waals surface area (Å²) in [6, 6.07) is 0. The van der Waals surface area contributed by atoms with Crippen molar-refractivity contribution >= 4 is 5.97 Å². The molecule has 2 saturated carbocycles. The average molecular weight is 338 g/mol. The van der Waals surface area contributed by atoms with Crippen LogP contribution in [-0.2, 0) is 4.79 Å². The largest absolute Gasteiger partial charge is 0.481 e. The first kappa shape index (κ1) is 19.5. The van der Waals surface area contributed by atoms with Crippen molar-refractivity contribution in [3.05, 3.63) is 12.2 Å². The zero-order valence-electron chi connectivity index (χ0n) is 15.3. The van der Waals surface area contributed by atoms with Gasteiger partial charge in [-0.2, -0.15) is 0 Å². The predicted octanol–water partition coefficient (Wildman–Crippen LogP) is 3.62. The molecule has 0 aliphatic heterocycles. The standard InChI is InChI=1S/C20H34O4/c1-14-5-8-17-19(2,10-4-11-20(17,3)18(23)24)16(14)7-6-15(13-22)9-12-21/h15-17,21-22H,1,4-13H2,2-3H3,(H,23,24)/t15-,16+,17-,19-,20-/m0/s1. The number of aliphatic hydroxyl groups excluding tert-OH is 2. The fraction of sp³-hybridized carbons (Fsp3) is 0.850. The highest BCUT2D eigenvalue weighted by atomic mass is 16.4. The molecule has 0 heterocycles. The lowest BCUT2D eigenvalue weighted by molar-refractivity contribution is -0.164. The third-order valence-corrected chi connectivity index (χ3v) is 7.17. The minimum atomic E-state index is -0.654. The highest BCUT2D eigenvalue weighted by Gasteiger charge is 2.57. The third-order valence-electron chi connectivity index (χ3n) is 7.17. The monoisotopic (exact) mass is 338 g/mol. The molecule has 24 heavy (non-hydrogen) atoms. The van der Waals surface area contributed by atoms with Crippen molar-refractivity contribution < 1.29 is 20.1 Å². The number of aliphatic hydroxyl groups is 2. The SMILES string of the molecule is C=C1CC[C@H]2[C@@](C)(CCC[C@]2(C)C(=O)O)[C@@H]1CC[C@H](CO)CCO. The number of fused-ring (bicyclic) bond motifs is 1. The number of rotatable bonds is 7. The van der Waals surface area contributed by atoms with Gasteiger partial charge in [0.15, 0.2) is 0 Å². The smallest absolute Gasteiger partial charge is 0.309 e. The van der Waals surface area contributed by atoms with Gasteiger partial charge in [-0.05, 0) is 75.0 Å². The maximum Gasteiger partial charge on any atom is 0.309 e. The predicted molar refractivity (Wildman–Crippen MR) is 94.6 cm³/mol. The molecular weight excluding hydrogens is 304 g/mol. The lowest BCUT2D eigenvalue weighted by Gasteiger charge is -2.57. The zero-order chi connectivity index (χ0) is 18.0. The summed E-state index contributed by atoms with van der Waals surface area (Å²) in [6.45, 7) is 8.73. The van der Waals surface area contributed by atoms with E-state index in [2.05, 4.69) is 13.5 Å². The van der Waals surface area contributed by atoms with E-state index in [-0.39, 0.29) is 30.5 Å². The van der Waals surface area contributed by atoms with Crippen molar-refractivity contribution in [1.29, 1.82) is 0 Å². The van der Waals surface area contributed by atoms with E-state index in [9.17, 15) is 15.0 Å². The number of carboxylic acids is 1. The van der Waals surface area contributed by atoms with E-state index < -0.39 is 11.4 Å². The van der Waals surface area contributed by atoms with E-state index in [0.717, 1.165) is 44.9 Å². The van der Waals surface area contributed by atoms with Crippen LogP contribution in [0.2, 0.25) is 0 Å². The molecule has 2 rings (SSSR count). The van der Waals surface area contributed by atoms with E-state index in [1.165, 1.54) is 5.57 Å². The lowest BCUT2D eigenvalue weighted by Crippen LogP contribution is -2.53. The Morgan fingerprint density at radius 2 is 2.00 bits per heavy atom. The van der Waals surface area contributed by atoms with Gasteiger partial charge in [0.25, 0.3) is 0 Å². The van der Waals surface area contributed by atoms with Crippen LogP contribution in [0.15, 0.2) is 12.2 Å². The van der Waals surface area contributed by atoms with Gasteiger partial charge >= 0.3 is 5.97 Å². The highest BCUT2D eigenvalue weighted by Crippen LogP contribution is 2.62. The molecule has 0 spiro atoms. The quantitative estimate of drug-likeness (QED) is 0.620. The second kappa shape index (κ2) is 7.57. The van der Waals surface area contributed by atoms with Crippen LogP contribution in [-0.4, -0.2) is 34.5 Å². The van der Waals surface area contributed by atoms with E-state index in [1.807, 2.05) is 6.92 Å². The Bertz CT molecular complexity index is 474. The molecule has 0 aromatic rings. The van der Waals surface area contributed by atoms with Gasteiger partial charge in [0.05, 0.1) is 5.41 Å². The van der Waals surface area contributed by atoms with Crippen LogP contribution < -0.4 is 0 Å². The minimum Gasteiger partial charge on any atom is -0.481 e. The zero-order valence-corrected chi connectivity index (χ0v) is 15.3. The number of hydrogen-bond acceptors (Lipinski definition) is 3. The topological polar surface area (TPSA) is 77.8 Å². The first-order valence-electron chi connectivity index (χ1n) is 9.42. The van der Waals surface area contributed by atoms with Gasteiger partial charge in [0.1, 0.15) is 0 Å². The first-order valence-corrected chi connectivity index (χ1v) is 9.42. The van der Waals surface area contributed by atoms with Gasteiger partial charge in [-0.25, -0.2) is 0 Å². The van der Waals surface area contributed by atoms with Gasteiger partial charge in [-0.15, -0.1) is 0 Å². The molecule has 0 bridgehead atoms. The van der Waals surface area contributed by atoms with E-state index in [0.29, 0.717) is 12.3 Å². The number of aliphatic carboxylic acids is 1.